The average molecular weight is 295 g/mol. The number of benzene rings is 1. The molecule has 0 saturated carbocycles. The first-order valence-corrected chi connectivity index (χ1v) is 6.06. The number of fused-ring (bicyclic) bond motifs is 1. The number of carbonyl (C=O) groups is 2. The Morgan fingerprint density at radius 2 is 2.10 bits per heavy atom. The molecule has 1 aromatic heterocycles. The van der Waals surface area contributed by atoms with Gasteiger partial charge in [-0.3, -0.25) is 9.59 Å². The molecule has 0 aliphatic heterocycles. The van der Waals surface area contributed by atoms with E-state index in [2.05, 4.69) is 10.3 Å². The molecule has 2 aromatic rings. The van der Waals surface area contributed by atoms with Crippen molar-refractivity contribution in [2.45, 2.75) is 6.92 Å². The van der Waals surface area contributed by atoms with Gasteiger partial charge in [0.15, 0.2) is 11.4 Å². The van der Waals surface area contributed by atoms with Crippen LogP contribution in [0.15, 0.2) is 18.3 Å². The Balaban J connectivity index is 2.52. The summed E-state index contributed by atoms with van der Waals surface area (Å²) >= 11 is 6.01. The lowest BCUT2D eigenvalue weighted by Crippen LogP contribution is -2.29. The van der Waals surface area contributed by atoms with Crippen molar-refractivity contribution in [1.82, 2.24) is 10.3 Å². The van der Waals surface area contributed by atoms with Gasteiger partial charge in [0.1, 0.15) is 6.54 Å². The molecule has 1 aromatic carbocycles. The van der Waals surface area contributed by atoms with E-state index in [9.17, 15) is 14.7 Å². The molecule has 20 heavy (non-hydrogen) atoms. The van der Waals surface area contributed by atoms with Crippen LogP contribution in [0.1, 0.15) is 16.1 Å². The molecule has 0 spiro atoms. The van der Waals surface area contributed by atoms with Gasteiger partial charge in [0.25, 0.3) is 5.91 Å². The second kappa shape index (κ2) is 5.34. The third kappa shape index (κ3) is 2.50. The lowest BCUT2D eigenvalue weighted by Gasteiger charge is -2.10. The lowest BCUT2D eigenvalue weighted by molar-refractivity contribution is -0.135. The van der Waals surface area contributed by atoms with Crippen molar-refractivity contribution in [2.75, 3.05) is 6.54 Å². The average Bonchev–Trinajstić information content (AvgIpc) is 2.40. The van der Waals surface area contributed by atoms with E-state index in [1.807, 2.05) is 0 Å². The molecule has 0 bridgehead atoms. The van der Waals surface area contributed by atoms with Crippen molar-refractivity contribution in [3.8, 4) is 5.75 Å². The minimum Gasteiger partial charge on any atom is -0.505 e. The van der Waals surface area contributed by atoms with Crippen LogP contribution in [0.3, 0.4) is 0 Å². The number of hydrogen-bond acceptors (Lipinski definition) is 4. The lowest BCUT2D eigenvalue weighted by atomic mass is 10.1. The highest BCUT2D eigenvalue weighted by Crippen LogP contribution is 2.33. The van der Waals surface area contributed by atoms with Gasteiger partial charge in [0.2, 0.25) is 0 Å². The summed E-state index contributed by atoms with van der Waals surface area (Å²) in [6.45, 7) is 1.21. The number of aromatic hydroxyl groups is 1. The fourth-order valence-electron chi connectivity index (χ4n) is 1.86. The van der Waals surface area contributed by atoms with Crippen LogP contribution in [0.25, 0.3) is 10.8 Å². The number of aryl methyl sites for hydroxylation is 1. The van der Waals surface area contributed by atoms with E-state index in [0.717, 1.165) is 5.56 Å². The van der Waals surface area contributed by atoms with Gasteiger partial charge in [-0.1, -0.05) is 17.7 Å². The van der Waals surface area contributed by atoms with Gasteiger partial charge in [-0.15, -0.1) is 0 Å². The SMILES string of the molecule is Cc1ccc(Cl)c2cnc(C(=O)NCC(=O)O)c(O)c12. The minimum absolute atomic E-state index is 0.232. The largest absolute Gasteiger partial charge is 0.505 e. The fourth-order valence-corrected chi connectivity index (χ4v) is 2.06. The number of carbonyl (C=O) groups excluding carboxylic acids is 1. The second-order valence-electron chi connectivity index (χ2n) is 4.18. The number of rotatable bonds is 3. The monoisotopic (exact) mass is 294 g/mol. The molecule has 0 aliphatic rings. The molecule has 0 fully saturated rings. The van der Waals surface area contributed by atoms with Crippen LogP contribution in [0.5, 0.6) is 5.75 Å². The van der Waals surface area contributed by atoms with E-state index >= 15 is 0 Å². The van der Waals surface area contributed by atoms with Crippen molar-refractivity contribution in [1.29, 1.82) is 0 Å². The summed E-state index contributed by atoms with van der Waals surface area (Å²) in [7, 11) is 0. The topological polar surface area (TPSA) is 99.5 Å². The molecule has 0 radical (unpaired) electrons. The van der Waals surface area contributed by atoms with E-state index in [0.29, 0.717) is 15.8 Å². The number of amides is 1. The van der Waals surface area contributed by atoms with Crippen molar-refractivity contribution < 1.29 is 19.8 Å². The van der Waals surface area contributed by atoms with Crippen LogP contribution in [0.2, 0.25) is 5.02 Å². The summed E-state index contributed by atoms with van der Waals surface area (Å²) in [4.78, 5) is 26.0. The zero-order valence-corrected chi connectivity index (χ0v) is 11.2. The molecule has 0 aliphatic carbocycles. The van der Waals surface area contributed by atoms with E-state index < -0.39 is 18.4 Å². The molecule has 2 rings (SSSR count). The maximum absolute atomic E-state index is 11.8. The van der Waals surface area contributed by atoms with Gasteiger partial charge in [0, 0.05) is 17.0 Å². The molecule has 7 heteroatoms. The van der Waals surface area contributed by atoms with Crippen molar-refractivity contribution in [3.63, 3.8) is 0 Å². The molecular formula is C13H11ClN2O4. The molecule has 0 saturated heterocycles. The van der Waals surface area contributed by atoms with Crippen molar-refractivity contribution in [3.05, 3.63) is 34.6 Å². The first-order chi connectivity index (χ1) is 9.41. The first kappa shape index (κ1) is 14.1. The van der Waals surface area contributed by atoms with Gasteiger partial charge < -0.3 is 15.5 Å². The van der Waals surface area contributed by atoms with Gasteiger partial charge in [-0.05, 0) is 18.6 Å². The Morgan fingerprint density at radius 1 is 1.40 bits per heavy atom. The second-order valence-corrected chi connectivity index (χ2v) is 4.59. The Bertz CT molecular complexity index is 715. The number of aromatic nitrogens is 1. The highest BCUT2D eigenvalue weighted by molar-refractivity contribution is 6.35. The summed E-state index contributed by atoms with van der Waals surface area (Å²) in [5, 5.41) is 22.2. The Morgan fingerprint density at radius 3 is 2.75 bits per heavy atom. The summed E-state index contributed by atoms with van der Waals surface area (Å²) in [5.41, 5.74) is 0.501. The summed E-state index contributed by atoms with van der Waals surface area (Å²) < 4.78 is 0. The number of pyridine rings is 1. The Kier molecular flexibility index (Phi) is 3.76. The van der Waals surface area contributed by atoms with Crippen LogP contribution in [0.4, 0.5) is 0 Å². The number of carboxylic acid groups (broad SMARTS) is 1. The zero-order chi connectivity index (χ0) is 14.9. The van der Waals surface area contributed by atoms with Crippen LogP contribution in [0, 0.1) is 6.92 Å². The van der Waals surface area contributed by atoms with Crippen LogP contribution in [-0.4, -0.2) is 33.6 Å². The molecule has 104 valence electrons. The standard InChI is InChI=1S/C13H11ClN2O4/c1-6-2-3-8(14)7-4-15-11(12(19)10(6)7)13(20)16-5-9(17)18/h2-4,19H,5H2,1H3,(H,16,20)(H,17,18). The van der Waals surface area contributed by atoms with Crippen molar-refractivity contribution in [2.24, 2.45) is 0 Å². The molecule has 0 atom stereocenters. The Hall–Kier alpha value is -2.34. The smallest absolute Gasteiger partial charge is 0.322 e. The number of halogens is 1. The van der Waals surface area contributed by atoms with E-state index in [-0.39, 0.29) is 11.4 Å². The van der Waals surface area contributed by atoms with Gasteiger partial charge in [0.05, 0.1) is 5.02 Å². The molecule has 1 amide bonds. The summed E-state index contributed by atoms with van der Waals surface area (Å²) in [6.07, 6.45) is 1.38. The van der Waals surface area contributed by atoms with E-state index in [1.54, 1.807) is 19.1 Å². The third-order valence-corrected chi connectivity index (χ3v) is 3.13. The van der Waals surface area contributed by atoms with Gasteiger partial charge in [-0.25, -0.2) is 4.98 Å². The summed E-state index contributed by atoms with van der Waals surface area (Å²) in [6, 6.07) is 3.38. The molecule has 1 heterocycles. The van der Waals surface area contributed by atoms with Gasteiger partial charge in [-0.2, -0.15) is 0 Å². The molecule has 0 unspecified atom stereocenters. The van der Waals surface area contributed by atoms with E-state index in [1.165, 1.54) is 6.20 Å². The molecular weight excluding hydrogens is 284 g/mol. The van der Waals surface area contributed by atoms with Crippen LogP contribution in [-0.2, 0) is 4.79 Å². The zero-order valence-electron chi connectivity index (χ0n) is 10.5. The number of nitrogens with zero attached hydrogens (tertiary/aromatic N) is 1. The maximum Gasteiger partial charge on any atom is 0.322 e. The van der Waals surface area contributed by atoms with Crippen LogP contribution < -0.4 is 5.32 Å². The Labute approximate surface area is 119 Å². The number of aliphatic carboxylic acids is 1. The third-order valence-electron chi connectivity index (χ3n) is 2.80. The molecule has 6 nitrogen and oxygen atoms in total. The maximum atomic E-state index is 11.8. The number of hydrogen-bond donors (Lipinski definition) is 3. The number of nitrogens with one attached hydrogen (secondary N) is 1. The fraction of sp³-hybridized carbons (Fsp3) is 0.154. The first-order valence-electron chi connectivity index (χ1n) is 5.68. The minimum atomic E-state index is -1.18. The quantitative estimate of drug-likeness (QED) is 0.800. The van der Waals surface area contributed by atoms with E-state index in [4.69, 9.17) is 16.7 Å². The predicted octanol–water partition coefficient (Wildman–Crippen LogP) is 1.72. The predicted molar refractivity (Wildman–Crippen MR) is 73.1 cm³/mol. The van der Waals surface area contributed by atoms with Gasteiger partial charge >= 0.3 is 5.97 Å². The number of carboxylic acids is 1. The highest BCUT2D eigenvalue weighted by Gasteiger charge is 2.18. The van der Waals surface area contributed by atoms with Crippen LogP contribution >= 0.6 is 11.6 Å². The highest BCUT2D eigenvalue weighted by atomic mass is 35.5. The normalized spacial score (nSPS) is 10.5. The summed E-state index contributed by atoms with van der Waals surface area (Å²) in [5.74, 6) is -2.26. The van der Waals surface area contributed by atoms with Crippen molar-refractivity contribution >= 4 is 34.2 Å². The molecule has 3 N–H and O–H groups in total.